The molecule has 0 saturated carbocycles. The van der Waals surface area contributed by atoms with Gasteiger partial charge in [0.1, 0.15) is 11.9 Å². The smallest absolute Gasteiger partial charge is 0.332 e. The van der Waals surface area contributed by atoms with Gasteiger partial charge in [0, 0.05) is 39.4 Å². The predicted octanol–water partition coefficient (Wildman–Crippen LogP) is -0.136. The molecule has 0 unspecified atom stereocenters. The predicted molar refractivity (Wildman–Crippen MR) is 81.6 cm³/mol. The van der Waals surface area contributed by atoms with Gasteiger partial charge < -0.3 is 5.32 Å². The topological polar surface area (TPSA) is 97.6 Å². The zero-order valence-corrected chi connectivity index (χ0v) is 13.0. The van der Waals surface area contributed by atoms with Crippen molar-refractivity contribution in [2.24, 2.45) is 21.1 Å². The first-order valence-corrected chi connectivity index (χ1v) is 6.86. The largest absolute Gasteiger partial charge is 0.366 e. The molecule has 0 fully saturated rings. The van der Waals surface area contributed by atoms with Crippen LogP contribution in [0.4, 0.5) is 5.82 Å². The van der Waals surface area contributed by atoms with Gasteiger partial charge in [-0.15, -0.1) is 0 Å². The third-order valence-corrected chi connectivity index (χ3v) is 3.55. The van der Waals surface area contributed by atoms with Crippen LogP contribution in [0, 0.1) is 11.3 Å². The van der Waals surface area contributed by atoms with Crippen molar-refractivity contribution in [3.63, 3.8) is 0 Å². The maximum absolute atomic E-state index is 12.0. The van der Waals surface area contributed by atoms with Gasteiger partial charge in [0.25, 0.3) is 5.56 Å². The summed E-state index contributed by atoms with van der Waals surface area (Å²) < 4.78 is 3.90. The number of nitrogens with zero attached hydrogens (tertiary/aromatic N) is 5. The van der Waals surface area contributed by atoms with Crippen LogP contribution in [0.15, 0.2) is 15.8 Å². The van der Waals surface area contributed by atoms with Gasteiger partial charge in [-0.25, -0.2) is 4.79 Å². The van der Waals surface area contributed by atoms with Crippen LogP contribution >= 0.6 is 0 Å². The molecule has 0 atom stereocenters. The van der Waals surface area contributed by atoms with E-state index in [0.717, 1.165) is 22.2 Å². The molecule has 0 saturated heterocycles. The first kappa shape index (κ1) is 15.6. The fraction of sp³-hybridized carbons (Fsp3) is 0.429. The molecule has 2 aromatic rings. The van der Waals surface area contributed by atoms with E-state index in [1.165, 1.54) is 18.7 Å². The molecular weight excluding hydrogens is 284 g/mol. The van der Waals surface area contributed by atoms with Gasteiger partial charge in [-0.3, -0.25) is 18.6 Å². The van der Waals surface area contributed by atoms with Crippen LogP contribution in [0.1, 0.15) is 23.7 Å². The zero-order chi connectivity index (χ0) is 16.4. The average Bonchev–Trinajstić information content (AvgIpc) is 2.87. The Balaban J connectivity index is 2.44. The number of hydrogen-bond acceptors (Lipinski definition) is 5. The Morgan fingerprint density at radius 2 is 1.95 bits per heavy atom. The highest BCUT2D eigenvalue weighted by molar-refractivity contribution is 5.51. The minimum atomic E-state index is -0.602. The van der Waals surface area contributed by atoms with Crippen molar-refractivity contribution in [3.05, 3.63) is 43.9 Å². The molecular formula is C14H18N6O2. The number of nitrogens with one attached hydrogen (secondary N) is 1. The van der Waals surface area contributed by atoms with Gasteiger partial charge in [0.05, 0.1) is 5.69 Å². The molecule has 0 spiro atoms. The van der Waals surface area contributed by atoms with Gasteiger partial charge in [-0.05, 0) is 6.42 Å². The molecule has 0 radical (unpaired) electrons. The lowest BCUT2D eigenvalue weighted by Gasteiger charge is -2.13. The number of nitriles is 1. The number of aryl methyl sites for hydroxylation is 2. The summed E-state index contributed by atoms with van der Waals surface area (Å²) in [4.78, 5) is 24.0. The third kappa shape index (κ3) is 2.53. The quantitative estimate of drug-likeness (QED) is 0.848. The Morgan fingerprint density at radius 3 is 2.55 bits per heavy atom. The molecule has 0 aromatic carbocycles. The van der Waals surface area contributed by atoms with E-state index in [1.54, 1.807) is 4.68 Å². The molecule has 2 rings (SSSR count). The third-order valence-electron chi connectivity index (χ3n) is 3.55. The average molecular weight is 302 g/mol. The first-order valence-electron chi connectivity index (χ1n) is 6.86. The monoisotopic (exact) mass is 302 g/mol. The van der Waals surface area contributed by atoms with Crippen LogP contribution in [0.2, 0.25) is 0 Å². The van der Waals surface area contributed by atoms with Crippen LogP contribution in [0.5, 0.6) is 0 Å². The lowest BCUT2D eigenvalue weighted by molar-refractivity contribution is 0.685. The Labute approximate surface area is 127 Å². The van der Waals surface area contributed by atoms with Crippen molar-refractivity contribution in [2.75, 3.05) is 5.32 Å². The lowest BCUT2D eigenvalue weighted by Crippen LogP contribution is -2.39. The van der Waals surface area contributed by atoms with Crippen LogP contribution in [0.3, 0.4) is 0 Å². The van der Waals surface area contributed by atoms with Crippen molar-refractivity contribution >= 4 is 5.82 Å². The molecule has 8 nitrogen and oxygen atoms in total. The van der Waals surface area contributed by atoms with E-state index in [9.17, 15) is 14.9 Å². The van der Waals surface area contributed by atoms with Gasteiger partial charge in [-0.2, -0.15) is 10.4 Å². The van der Waals surface area contributed by atoms with Gasteiger partial charge in [0.2, 0.25) is 0 Å². The lowest BCUT2D eigenvalue weighted by atomic mass is 10.2. The number of rotatable bonds is 4. The highest BCUT2D eigenvalue weighted by Crippen LogP contribution is 2.12. The van der Waals surface area contributed by atoms with E-state index in [0.29, 0.717) is 6.54 Å². The minimum Gasteiger partial charge on any atom is -0.366 e. The van der Waals surface area contributed by atoms with Crippen molar-refractivity contribution in [2.45, 2.75) is 19.9 Å². The standard InChI is InChI=1S/C14H18N6O2/c1-5-11-9(8-18(2)17-11)7-16-12-10(6-15)13(21)20(4)14(22)19(12)3/h8,16H,5,7H2,1-4H3. The van der Waals surface area contributed by atoms with Crippen LogP contribution < -0.4 is 16.6 Å². The maximum Gasteiger partial charge on any atom is 0.332 e. The van der Waals surface area contributed by atoms with E-state index >= 15 is 0 Å². The van der Waals surface area contributed by atoms with E-state index < -0.39 is 11.2 Å². The Morgan fingerprint density at radius 1 is 1.27 bits per heavy atom. The van der Waals surface area contributed by atoms with Crippen LogP contribution in [0.25, 0.3) is 0 Å². The number of hydrogen-bond donors (Lipinski definition) is 1. The molecule has 2 aromatic heterocycles. The molecule has 2 heterocycles. The number of aromatic nitrogens is 4. The second kappa shape index (κ2) is 5.89. The summed E-state index contributed by atoms with van der Waals surface area (Å²) in [6.07, 6.45) is 2.65. The second-order valence-corrected chi connectivity index (χ2v) is 5.02. The van der Waals surface area contributed by atoms with E-state index in [1.807, 2.05) is 26.2 Å². The fourth-order valence-corrected chi connectivity index (χ4v) is 2.36. The van der Waals surface area contributed by atoms with Crippen molar-refractivity contribution in [3.8, 4) is 6.07 Å². The van der Waals surface area contributed by atoms with E-state index in [4.69, 9.17) is 0 Å². The molecule has 8 heteroatoms. The SMILES string of the molecule is CCc1nn(C)cc1CNc1c(C#N)c(=O)n(C)c(=O)n1C. The van der Waals surface area contributed by atoms with E-state index in [2.05, 4.69) is 10.4 Å². The van der Waals surface area contributed by atoms with Crippen LogP contribution in [-0.4, -0.2) is 18.9 Å². The highest BCUT2D eigenvalue weighted by atomic mass is 16.2. The van der Waals surface area contributed by atoms with Crippen molar-refractivity contribution in [1.29, 1.82) is 5.26 Å². The number of anilines is 1. The molecule has 22 heavy (non-hydrogen) atoms. The Kier molecular flexibility index (Phi) is 4.17. The minimum absolute atomic E-state index is 0.0773. The zero-order valence-electron chi connectivity index (χ0n) is 13.0. The molecule has 0 aliphatic carbocycles. The summed E-state index contributed by atoms with van der Waals surface area (Å²) in [5, 5.41) is 16.6. The van der Waals surface area contributed by atoms with Gasteiger partial charge in [0.15, 0.2) is 5.56 Å². The highest BCUT2D eigenvalue weighted by Gasteiger charge is 2.16. The summed E-state index contributed by atoms with van der Waals surface area (Å²) in [7, 11) is 4.71. The van der Waals surface area contributed by atoms with Gasteiger partial charge >= 0.3 is 5.69 Å². The van der Waals surface area contributed by atoms with Gasteiger partial charge in [-0.1, -0.05) is 6.92 Å². The van der Waals surface area contributed by atoms with Crippen molar-refractivity contribution in [1.82, 2.24) is 18.9 Å². The molecule has 0 aliphatic rings. The summed E-state index contributed by atoms with van der Waals surface area (Å²) in [6, 6.07) is 1.87. The second-order valence-electron chi connectivity index (χ2n) is 5.02. The van der Waals surface area contributed by atoms with E-state index in [-0.39, 0.29) is 11.4 Å². The molecule has 116 valence electrons. The fourth-order valence-electron chi connectivity index (χ4n) is 2.36. The Bertz CT molecular complexity index is 865. The molecule has 0 amide bonds. The summed E-state index contributed by atoms with van der Waals surface area (Å²) >= 11 is 0. The Hall–Kier alpha value is -2.82. The molecule has 1 N–H and O–H groups in total. The summed E-state index contributed by atoms with van der Waals surface area (Å²) in [6.45, 7) is 2.38. The first-order chi connectivity index (χ1) is 10.4. The normalized spacial score (nSPS) is 10.5. The molecule has 0 bridgehead atoms. The summed E-state index contributed by atoms with van der Waals surface area (Å²) in [5.41, 5.74) is 0.735. The van der Waals surface area contributed by atoms with Crippen molar-refractivity contribution < 1.29 is 0 Å². The summed E-state index contributed by atoms with van der Waals surface area (Å²) in [5.74, 6) is 0.224. The maximum atomic E-state index is 12.0. The molecule has 0 aliphatic heterocycles. The van der Waals surface area contributed by atoms with Crippen LogP contribution in [-0.2, 0) is 34.1 Å².